The van der Waals surface area contributed by atoms with Crippen LogP contribution in [0.5, 0.6) is 0 Å². The summed E-state index contributed by atoms with van der Waals surface area (Å²) in [5, 5.41) is 11.9. The number of carbonyl (C=O) groups is 1. The Morgan fingerprint density at radius 1 is 0.966 bits per heavy atom. The van der Waals surface area contributed by atoms with Gasteiger partial charge in [-0.1, -0.05) is 24.3 Å². The molecule has 1 amide bonds. The van der Waals surface area contributed by atoms with E-state index in [0.29, 0.717) is 25.1 Å². The number of amides is 1. The number of hydrogen-bond donors (Lipinski definition) is 1. The minimum absolute atomic E-state index is 0.0349. The van der Waals surface area contributed by atoms with E-state index < -0.39 is 0 Å². The van der Waals surface area contributed by atoms with Gasteiger partial charge in [0.2, 0.25) is 5.91 Å². The second kappa shape index (κ2) is 10.7. The molecule has 1 heterocycles. The molecule has 1 saturated heterocycles. The molecule has 0 unspecified atom stereocenters. The third-order valence-electron chi connectivity index (χ3n) is 5.19. The van der Waals surface area contributed by atoms with Crippen LogP contribution in [-0.4, -0.2) is 55.0 Å². The van der Waals surface area contributed by atoms with E-state index in [-0.39, 0.29) is 11.7 Å². The van der Waals surface area contributed by atoms with Gasteiger partial charge in [0.25, 0.3) is 0 Å². The first kappa shape index (κ1) is 21.0. The minimum Gasteiger partial charge on any atom is -0.355 e. The maximum Gasteiger partial charge on any atom is 0.234 e. The predicted octanol–water partition coefficient (Wildman–Crippen LogP) is 2.56. The molecule has 0 saturated carbocycles. The molecule has 1 N–H and O–H groups in total. The highest BCUT2D eigenvalue weighted by Gasteiger charge is 2.17. The summed E-state index contributed by atoms with van der Waals surface area (Å²) in [4.78, 5) is 16.8. The van der Waals surface area contributed by atoms with Gasteiger partial charge in [-0.3, -0.25) is 14.6 Å². The molecule has 5 nitrogen and oxygen atoms in total. The number of carbonyl (C=O) groups excluding carboxylic acids is 1. The van der Waals surface area contributed by atoms with Gasteiger partial charge in [0.15, 0.2) is 0 Å². The number of hydrogen-bond acceptors (Lipinski definition) is 4. The van der Waals surface area contributed by atoms with Gasteiger partial charge in [0.05, 0.1) is 18.2 Å². The SMILES string of the molecule is N#Cc1ccc(CN2CCCN(CC(=O)NCCc3ccc(F)cc3)CC2)cc1. The fourth-order valence-electron chi connectivity index (χ4n) is 3.54. The standard InChI is InChI=1S/C23H27FN4O/c24-22-8-6-19(7-9-22)10-11-26-23(29)18-28-13-1-12-27(14-15-28)17-21-4-2-20(16-25)3-5-21/h2-9H,1,10-15,17-18H2,(H,26,29). The van der Waals surface area contributed by atoms with Gasteiger partial charge >= 0.3 is 0 Å². The quantitative estimate of drug-likeness (QED) is 0.784. The van der Waals surface area contributed by atoms with E-state index in [0.717, 1.165) is 44.7 Å². The average Bonchev–Trinajstić information content (AvgIpc) is 2.95. The molecule has 1 fully saturated rings. The van der Waals surface area contributed by atoms with Gasteiger partial charge < -0.3 is 5.32 Å². The maximum absolute atomic E-state index is 12.9. The summed E-state index contributed by atoms with van der Waals surface area (Å²) in [5.41, 5.74) is 2.90. The Kier molecular flexibility index (Phi) is 7.74. The van der Waals surface area contributed by atoms with E-state index in [1.165, 1.54) is 17.7 Å². The summed E-state index contributed by atoms with van der Waals surface area (Å²) in [6.45, 7) is 5.53. The molecular weight excluding hydrogens is 367 g/mol. The Labute approximate surface area is 171 Å². The van der Waals surface area contributed by atoms with Crippen molar-refractivity contribution in [3.63, 3.8) is 0 Å². The molecule has 1 aliphatic rings. The lowest BCUT2D eigenvalue weighted by atomic mass is 10.1. The fourth-order valence-corrected chi connectivity index (χ4v) is 3.54. The Balaban J connectivity index is 1.37. The van der Waals surface area contributed by atoms with Gasteiger partial charge in [-0.25, -0.2) is 4.39 Å². The molecule has 152 valence electrons. The summed E-state index contributed by atoms with van der Waals surface area (Å²) in [6.07, 6.45) is 1.73. The molecule has 0 radical (unpaired) electrons. The van der Waals surface area contributed by atoms with E-state index in [4.69, 9.17) is 5.26 Å². The lowest BCUT2D eigenvalue weighted by Crippen LogP contribution is -2.39. The minimum atomic E-state index is -0.243. The molecule has 2 aromatic carbocycles. The summed E-state index contributed by atoms with van der Waals surface area (Å²) in [7, 11) is 0. The normalized spacial score (nSPS) is 15.4. The molecule has 6 heteroatoms. The topological polar surface area (TPSA) is 59.4 Å². The largest absolute Gasteiger partial charge is 0.355 e. The van der Waals surface area contributed by atoms with Crippen LogP contribution in [0, 0.1) is 17.1 Å². The number of halogens is 1. The van der Waals surface area contributed by atoms with Gasteiger partial charge in [-0.15, -0.1) is 0 Å². The smallest absolute Gasteiger partial charge is 0.234 e. The van der Waals surface area contributed by atoms with Crippen LogP contribution < -0.4 is 5.32 Å². The van der Waals surface area contributed by atoms with Gasteiger partial charge in [-0.2, -0.15) is 5.26 Å². The van der Waals surface area contributed by atoms with Crippen molar-refractivity contribution in [2.45, 2.75) is 19.4 Å². The molecule has 0 atom stereocenters. The molecule has 3 rings (SSSR count). The Hall–Kier alpha value is -2.75. The van der Waals surface area contributed by atoms with Crippen LogP contribution in [0.25, 0.3) is 0 Å². The van der Waals surface area contributed by atoms with Crippen molar-refractivity contribution in [1.82, 2.24) is 15.1 Å². The third-order valence-corrected chi connectivity index (χ3v) is 5.19. The Morgan fingerprint density at radius 3 is 2.34 bits per heavy atom. The summed E-state index contributed by atoms with van der Waals surface area (Å²) >= 11 is 0. The van der Waals surface area contributed by atoms with Crippen LogP contribution in [0.3, 0.4) is 0 Å². The zero-order valence-electron chi connectivity index (χ0n) is 16.6. The average molecular weight is 394 g/mol. The molecule has 2 aromatic rings. The Bertz CT molecular complexity index is 829. The molecule has 29 heavy (non-hydrogen) atoms. The number of rotatable bonds is 7. The van der Waals surface area contributed by atoms with Crippen LogP contribution in [0.1, 0.15) is 23.1 Å². The summed E-state index contributed by atoms with van der Waals surface area (Å²) < 4.78 is 12.9. The molecule has 1 aliphatic heterocycles. The van der Waals surface area contributed by atoms with E-state index >= 15 is 0 Å². The molecule has 0 bridgehead atoms. The van der Waals surface area contributed by atoms with E-state index in [2.05, 4.69) is 21.2 Å². The van der Waals surface area contributed by atoms with Gasteiger partial charge in [0.1, 0.15) is 5.82 Å². The second-order valence-electron chi connectivity index (χ2n) is 7.44. The van der Waals surface area contributed by atoms with Crippen molar-refractivity contribution in [3.05, 3.63) is 71.0 Å². The zero-order valence-corrected chi connectivity index (χ0v) is 16.6. The van der Waals surface area contributed by atoms with Crippen LogP contribution in [0.2, 0.25) is 0 Å². The summed E-state index contributed by atoms with van der Waals surface area (Å²) in [5.74, 6) is -0.208. The molecular formula is C23H27FN4O. The number of nitrogens with one attached hydrogen (secondary N) is 1. The predicted molar refractivity (Wildman–Crippen MR) is 111 cm³/mol. The van der Waals surface area contributed by atoms with Crippen molar-refractivity contribution in [3.8, 4) is 6.07 Å². The first-order valence-electron chi connectivity index (χ1n) is 10.1. The van der Waals surface area contributed by atoms with E-state index in [1.807, 2.05) is 24.3 Å². The second-order valence-corrected chi connectivity index (χ2v) is 7.44. The van der Waals surface area contributed by atoms with Crippen molar-refractivity contribution >= 4 is 5.91 Å². The van der Waals surface area contributed by atoms with Gasteiger partial charge in [0, 0.05) is 26.2 Å². The lowest BCUT2D eigenvalue weighted by molar-refractivity contribution is -0.122. The number of nitrogens with zero attached hydrogens (tertiary/aromatic N) is 3. The van der Waals surface area contributed by atoms with Crippen molar-refractivity contribution in [2.24, 2.45) is 0 Å². The highest BCUT2D eigenvalue weighted by atomic mass is 19.1. The van der Waals surface area contributed by atoms with E-state index in [1.54, 1.807) is 12.1 Å². The van der Waals surface area contributed by atoms with Crippen molar-refractivity contribution < 1.29 is 9.18 Å². The van der Waals surface area contributed by atoms with Crippen LogP contribution in [0.15, 0.2) is 48.5 Å². The maximum atomic E-state index is 12.9. The molecule has 0 aliphatic carbocycles. The Morgan fingerprint density at radius 2 is 1.62 bits per heavy atom. The van der Waals surface area contributed by atoms with Crippen molar-refractivity contribution in [1.29, 1.82) is 5.26 Å². The van der Waals surface area contributed by atoms with Gasteiger partial charge in [-0.05, 0) is 61.3 Å². The summed E-state index contributed by atoms with van der Waals surface area (Å²) in [6, 6.07) is 16.3. The van der Waals surface area contributed by atoms with Crippen LogP contribution in [0.4, 0.5) is 4.39 Å². The number of benzene rings is 2. The number of nitriles is 1. The first-order chi connectivity index (χ1) is 14.1. The molecule has 0 spiro atoms. The van der Waals surface area contributed by atoms with Crippen LogP contribution >= 0.6 is 0 Å². The molecule has 0 aromatic heterocycles. The zero-order chi connectivity index (χ0) is 20.5. The monoisotopic (exact) mass is 394 g/mol. The lowest BCUT2D eigenvalue weighted by Gasteiger charge is -2.21. The highest BCUT2D eigenvalue weighted by molar-refractivity contribution is 5.78. The van der Waals surface area contributed by atoms with Crippen molar-refractivity contribution in [2.75, 3.05) is 39.3 Å². The fraction of sp³-hybridized carbons (Fsp3) is 0.391. The van der Waals surface area contributed by atoms with E-state index in [9.17, 15) is 9.18 Å². The first-order valence-corrected chi connectivity index (χ1v) is 10.1. The van der Waals surface area contributed by atoms with Crippen LogP contribution in [-0.2, 0) is 17.8 Å². The highest BCUT2D eigenvalue weighted by Crippen LogP contribution is 2.10. The third kappa shape index (κ3) is 6.97.